The minimum absolute atomic E-state index is 0.0991. The fourth-order valence-corrected chi connectivity index (χ4v) is 8.50. The number of carbonyl (C=O) groups excluding carboxylic acids is 2. The molecule has 0 aromatic carbocycles. The predicted octanol–water partition coefficient (Wildman–Crippen LogP) is 5.88. The van der Waals surface area contributed by atoms with Gasteiger partial charge in [-0.2, -0.15) is 0 Å². The Balaban J connectivity index is 1.41. The largest absolute Gasteiger partial charge is 0.464 e. The smallest absolute Gasteiger partial charge is 0.335 e. The first-order valence-corrected chi connectivity index (χ1v) is 14.6. The number of esters is 1. The van der Waals surface area contributed by atoms with E-state index in [0.717, 1.165) is 43.6 Å². The highest BCUT2D eigenvalue weighted by molar-refractivity contribution is 5.75. The van der Waals surface area contributed by atoms with Crippen molar-refractivity contribution < 1.29 is 18.7 Å². The Kier molecular flexibility index (Phi) is 8.98. The summed E-state index contributed by atoms with van der Waals surface area (Å²) in [5, 5.41) is 3.14. The zero-order valence-corrected chi connectivity index (χ0v) is 23.3. The maximum atomic E-state index is 12.3. The third-order valence-electron chi connectivity index (χ3n) is 10.6. The van der Waals surface area contributed by atoms with Crippen molar-refractivity contribution in [3.63, 3.8) is 0 Å². The number of likely N-dealkylation sites (N-methyl/N-ethyl adjacent to an activating group) is 1. The summed E-state index contributed by atoms with van der Waals surface area (Å²) in [6, 6.07) is 3.18. The number of carbonyl (C=O) groups is 2. The first-order valence-electron chi connectivity index (χ1n) is 14.6. The Labute approximate surface area is 222 Å². The van der Waals surface area contributed by atoms with Crippen LogP contribution in [0.1, 0.15) is 103 Å². The molecule has 0 aliphatic heterocycles. The van der Waals surface area contributed by atoms with Crippen molar-refractivity contribution in [3.05, 3.63) is 34.4 Å². The third-order valence-corrected chi connectivity index (χ3v) is 10.6. The number of rotatable bonds is 10. The van der Waals surface area contributed by atoms with Crippen LogP contribution in [0, 0.1) is 34.5 Å². The predicted molar refractivity (Wildman–Crippen MR) is 144 cm³/mol. The maximum absolute atomic E-state index is 12.3. The minimum atomic E-state index is -0.324. The monoisotopic (exact) mass is 513 g/mol. The second-order valence-corrected chi connectivity index (χ2v) is 12.8. The topological polar surface area (TPSA) is 85.6 Å². The summed E-state index contributed by atoms with van der Waals surface area (Å²) in [7, 11) is 0. The van der Waals surface area contributed by atoms with Crippen LogP contribution in [0.15, 0.2) is 27.6 Å². The van der Waals surface area contributed by atoms with Crippen molar-refractivity contribution in [3.8, 4) is 0 Å². The Bertz CT molecular complexity index is 970. The van der Waals surface area contributed by atoms with Crippen LogP contribution in [0.4, 0.5) is 0 Å². The normalized spacial score (nSPS) is 35.0. The highest BCUT2D eigenvalue weighted by atomic mass is 16.5. The fraction of sp³-hybridized carbons (Fsp3) is 0.774. The first-order chi connectivity index (χ1) is 17.7. The molecule has 0 bridgehead atoms. The van der Waals surface area contributed by atoms with Gasteiger partial charge in [-0.15, -0.1) is 0 Å². The summed E-state index contributed by atoms with van der Waals surface area (Å²) in [6.45, 7) is 10.1. The Morgan fingerprint density at radius 3 is 2.73 bits per heavy atom. The molecule has 206 valence electrons. The van der Waals surface area contributed by atoms with Gasteiger partial charge in [0.2, 0.25) is 0 Å². The lowest BCUT2D eigenvalue weighted by Crippen LogP contribution is -2.51. The number of fused-ring (bicyclic) bond motifs is 3. The van der Waals surface area contributed by atoms with Crippen LogP contribution >= 0.6 is 0 Å². The van der Waals surface area contributed by atoms with Gasteiger partial charge in [0.05, 0.1) is 12.9 Å². The molecule has 3 fully saturated rings. The Hall–Kier alpha value is -1.95. The van der Waals surface area contributed by atoms with E-state index < -0.39 is 0 Å². The average Bonchev–Trinajstić information content (AvgIpc) is 2.88. The van der Waals surface area contributed by atoms with Crippen molar-refractivity contribution in [2.24, 2.45) is 34.5 Å². The van der Waals surface area contributed by atoms with Crippen LogP contribution in [-0.4, -0.2) is 31.4 Å². The number of ether oxygens (including phenoxy) is 1. The average molecular weight is 514 g/mol. The summed E-state index contributed by atoms with van der Waals surface area (Å²) in [5.41, 5.74) is 1.19. The molecular formula is C31H47NO5. The highest BCUT2D eigenvalue weighted by Gasteiger charge is 2.54. The number of hydrogen-bond donors (Lipinski definition) is 1. The van der Waals surface area contributed by atoms with E-state index in [1.165, 1.54) is 44.6 Å². The van der Waals surface area contributed by atoms with Gasteiger partial charge in [0.1, 0.15) is 12.3 Å². The van der Waals surface area contributed by atoms with Crippen molar-refractivity contribution >= 4 is 12.3 Å². The lowest BCUT2D eigenvalue weighted by atomic mass is 9.45. The van der Waals surface area contributed by atoms with E-state index in [9.17, 15) is 14.4 Å². The summed E-state index contributed by atoms with van der Waals surface area (Å²) in [4.78, 5) is 35.1. The van der Waals surface area contributed by atoms with E-state index in [0.29, 0.717) is 36.2 Å². The van der Waals surface area contributed by atoms with Crippen LogP contribution in [0.3, 0.4) is 0 Å². The van der Waals surface area contributed by atoms with Gasteiger partial charge in [-0.25, -0.2) is 4.79 Å². The zero-order chi connectivity index (χ0) is 26.6. The van der Waals surface area contributed by atoms with Crippen LogP contribution < -0.4 is 10.9 Å². The van der Waals surface area contributed by atoms with E-state index in [1.807, 2.05) is 19.9 Å². The summed E-state index contributed by atoms with van der Waals surface area (Å²) >= 11 is 0. The summed E-state index contributed by atoms with van der Waals surface area (Å²) < 4.78 is 10.9. The zero-order valence-electron chi connectivity index (χ0n) is 23.3. The standard InChI is InChI=1S/C31H47NO5/c1-5-32-21(2)29(35)37-19-22-12-15-31(4)25(17-22)10-8-23-18-30(3,14-13-27(23)31)26(7-6-16-33)24-9-11-28(34)36-20-24/h9,11,16,20-23,25-27,32H,5-8,10,12-15,17-19H2,1-4H3/t21?,22?,23-,25+,26+,27-,30-,31-/m0/s1. The van der Waals surface area contributed by atoms with Gasteiger partial charge >= 0.3 is 11.6 Å². The highest BCUT2D eigenvalue weighted by Crippen LogP contribution is 2.64. The van der Waals surface area contributed by atoms with Crippen molar-refractivity contribution in [2.75, 3.05) is 13.2 Å². The molecule has 1 heterocycles. The van der Waals surface area contributed by atoms with E-state index in [4.69, 9.17) is 9.15 Å². The van der Waals surface area contributed by atoms with E-state index in [1.54, 1.807) is 6.26 Å². The molecule has 1 aromatic heterocycles. The summed E-state index contributed by atoms with van der Waals surface area (Å²) in [6.07, 6.45) is 13.6. The Morgan fingerprint density at radius 1 is 1.22 bits per heavy atom. The fourth-order valence-electron chi connectivity index (χ4n) is 8.50. The molecule has 1 aromatic rings. The lowest BCUT2D eigenvalue weighted by molar-refractivity contribution is -0.149. The second-order valence-electron chi connectivity index (χ2n) is 12.8. The molecule has 8 atom stereocenters. The van der Waals surface area contributed by atoms with E-state index in [2.05, 4.69) is 19.2 Å². The second kappa shape index (κ2) is 11.8. The van der Waals surface area contributed by atoms with Gasteiger partial charge in [0.15, 0.2) is 0 Å². The quantitative estimate of drug-likeness (QED) is 0.310. The van der Waals surface area contributed by atoms with E-state index in [-0.39, 0.29) is 29.0 Å². The van der Waals surface area contributed by atoms with Gasteiger partial charge in [0, 0.05) is 12.5 Å². The van der Waals surface area contributed by atoms with Crippen LogP contribution in [0.5, 0.6) is 0 Å². The molecule has 3 aliphatic rings. The molecule has 6 nitrogen and oxygen atoms in total. The molecule has 0 radical (unpaired) electrons. The molecule has 37 heavy (non-hydrogen) atoms. The molecule has 0 saturated heterocycles. The number of nitrogens with one attached hydrogen (secondary N) is 1. The van der Waals surface area contributed by atoms with Gasteiger partial charge in [-0.1, -0.05) is 20.8 Å². The molecule has 0 amide bonds. The molecule has 2 unspecified atom stereocenters. The van der Waals surface area contributed by atoms with Crippen LogP contribution in [-0.2, 0) is 14.3 Å². The molecule has 3 saturated carbocycles. The number of hydrogen-bond acceptors (Lipinski definition) is 6. The SMILES string of the molecule is CCNC(C)C(=O)OCC1CC[C@@]2(C)[C@H](CC[C@H]3C[C@@](C)([C@H](CCC=O)c4ccc(=O)oc4)CC[C@@H]32)C1. The third kappa shape index (κ3) is 6.05. The van der Waals surface area contributed by atoms with Crippen LogP contribution in [0.25, 0.3) is 0 Å². The molecular weight excluding hydrogens is 466 g/mol. The lowest BCUT2D eigenvalue weighted by Gasteiger charge is -2.60. The molecule has 0 spiro atoms. The first kappa shape index (κ1) is 28.1. The molecule has 4 rings (SSSR count). The molecule has 6 heteroatoms. The Morgan fingerprint density at radius 2 is 2.03 bits per heavy atom. The van der Waals surface area contributed by atoms with Crippen molar-refractivity contribution in [1.82, 2.24) is 5.32 Å². The molecule has 1 N–H and O–H groups in total. The van der Waals surface area contributed by atoms with Gasteiger partial charge in [-0.05, 0) is 123 Å². The van der Waals surface area contributed by atoms with Gasteiger partial charge < -0.3 is 19.3 Å². The minimum Gasteiger partial charge on any atom is -0.464 e. The van der Waals surface area contributed by atoms with Crippen molar-refractivity contribution in [2.45, 2.75) is 104 Å². The van der Waals surface area contributed by atoms with E-state index >= 15 is 0 Å². The van der Waals surface area contributed by atoms with Gasteiger partial charge in [-0.3, -0.25) is 4.79 Å². The molecule has 3 aliphatic carbocycles. The van der Waals surface area contributed by atoms with Gasteiger partial charge in [0.25, 0.3) is 0 Å². The maximum Gasteiger partial charge on any atom is 0.335 e. The number of aldehydes is 1. The van der Waals surface area contributed by atoms with Crippen LogP contribution in [0.2, 0.25) is 0 Å². The van der Waals surface area contributed by atoms with Crippen molar-refractivity contribution in [1.29, 1.82) is 0 Å². The summed E-state index contributed by atoms with van der Waals surface area (Å²) in [5.74, 6) is 2.70.